The van der Waals surface area contributed by atoms with E-state index in [4.69, 9.17) is 10.5 Å². The summed E-state index contributed by atoms with van der Waals surface area (Å²) in [6, 6.07) is 8.56. The molecule has 1 fully saturated rings. The Morgan fingerprint density at radius 3 is 2.42 bits per heavy atom. The number of ether oxygens (including phenoxy) is 1. The third-order valence-electron chi connectivity index (χ3n) is 4.23. The standard InChI is InChI=1S/C17H27NO/c1-13(2)14-8-10-16(11-9-14)19-17-7-5-3-4-6-15(17)12-18/h8-11,13,15,17H,3-7,12,18H2,1-2H3. The molecule has 2 N–H and O–H groups in total. The first-order valence-electron chi connectivity index (χ1n) is 7.67. The fourth-order valence-corrected chi connectivity index (χ4v) is 2.88. The second-order valence-electron chi connectivity index (χ2n) is 6.01. The van der Waals surface area contributed by atoms with Crippen LogP contribution in [0.2, 0.25) is 0 Å². The number of hydrogen-bond donors (Lipinski definition) is 1. The molecule has 0 saturated heterocycles. The van der Waals surface area contributed by atoms with Crippen LogP contribution in [0.5, 0.6) is 5.75 Å². The van der Waals surface area contributed by atoms with Crippen molar-refractivity contribution in [3.05, 3.63) is 29.8 Å². The minimum absolute atomic E-state index is 0.303. The van der Waals surface area contributed by atoms with Gasteiger partial charge in [0.1, 0.15) is 11.9 Å². The summed E-state index contributed by atoms with van der Waals surface area (Å²) in [6.45, 7) is 5.17. The Kier molecular flexibility index (Phi) is 5.26. The van der Waals surface area contributed by atoms with Gasteiger partial charge >= 0.3 is 0 Å². The maximum Gasteiger partial charge on any atom is 0.119 e. The normalized spacial score (nSPS) is 24.2. The van der Waals surface area contributed by atoms with Gasteiger partial charge in [0.2, 0.25) is 0 Å². The first-order chi connectivity index (χ1) is 9.20. The minimum Gasteiger partial charge on any atom is -0.490 e. The molecule has 0 bridgehead atoms. The number of benzene rings is 1. The molecule has 0 radical (unpaired) electrons. The third kappa shape index (κ3) is 3.97. The maximum absolute atomic E-state index is 6.19. The van der Waals surface area contributed by atoms with Gasteiger partial charge in [-0.2, -0.15) is 0 Å². The molecule has 2 atom stereocenters. The molecule has 1 aromatic carbocycles. The first-order valence-corrected chi connectivity index (χ1v) is 7.67. The predicted molar refractivity (Wildman–Crippen MR) is 80.6 cm³/mol. The highest BCUT2D eigenvalue weighted by atomic mass is 16.5. The quantitative estimate of drug-likeness (QED) is 0.828. The molecule has 0 aliphatic heterocycles. The molecule has 1 aromatic rings. The average molecular weight is 261 g/mol. The van der Waals surface area contributed by atoms with Crippen LogP contribution >= 0.6 is 0 Å². The van der Waals surface area contributed by atoms with Crippen molar-refractivity contribution >= 4 is 0 Å². The average Bonchev–Trinajstić information content (AvgIpc) is 2.64. The Hall–Kier alpha value is -1.02. The summed E-state index contributed by atoms with van der Waals surface area (Å²) < 4.78 is 6.19. The van der Waals surface area contributed by atoms with Gasteiger partial charge in [0, 0.05) is 5.92 Å². The van der Waals surface area contributed by atoms with Gasteiger partial charge in [0.15, 0.2) is 0 Å². The van der Waals surface area contributed by atoms with Gasteiger partial charge in [-0.15, -0.1) is 0 Å². The predicted octanol–water partition coefficient (Wildman–Crippen LogP) is 4.10. The number of nitrogens with two attached hydrogens (primary N) is 1. The molecule has 0 aromatic heterocycles. The van der Waals surface area contributed by atoms with Gasteiger partial charge in [-0.1, -0.05) is 38.8 Å². The maximum atomic E-state index is 6.19. The van der Waals surface area contributed by atoms with Gasteiger partial charge in [0.25, 0.3) is 0 Å². The SMILES string of the molecule is CC(C)c1ccc(OC2CCCCCC2CN)cc1. The van der Waals surface area contributed by atoms with Gasteiger partial charge in [0.05, 0.1) is 0 Å². The topological polar surface area (TPSA) is 35.2 Å². The third-order valence-corrected chi connectivity index (χ3v) is 4.23. The van der Waals surface area contributed by atoms with Crippen LogP contribution in [0.25, 0.3) is 0 Å². The van der Waals surface area contributed by atoms with E-state index in [-0.39, 0.29) is 0 Å². The molecule has 1 aliphatic rings. The van der Waals surface area contributed by atoms with Crippen molar-refractivity contribution in [2.24, 2.45) is 11.7 Å². The molecule has 2 nitrogen and oxygen atoms in total. The van der Waals surface area contributed by atoms with Crippen LogP contribution < -0.4 is 10.5 Å². The van der Waals surface area contributed by atoms with Crippen molar-refractivity contribution in [1.82, 2.24) is 0 Å². The molecular weight excluding hydrogens is 234 g/mol. The van der Waals surface area contributed by atoms with E-state index in [0.717, 1.165) is 18.7 Å². The largest absolute Gasteiger partial charge is 0.490 e. The van der Waals surface area contributed by atoms with Gasteiger partial charge < -0.3 is 10.5 Å². The van der Waals surface area contributed by atoms with E-state index in [2.05, 4.69) is 38.1 Å². The Bertz CT molecular complexity index is 371. The monoisotopic (exact) mass is 261 g/mol. The Labute approximate surface area is 117 Å². The first kappa shape index (κ1) is 14.4. The van der Waals surface area contributed by atoms with E-state index < -0.39 is 0 Å². The molecule has 2 unspecified atom stereocenters. The summed E-state index contributed by atoms with van der Waals surface area (Å²) in [7, 11) is 0. The lowest BCUT2D eigenvalue weighted by Gasteiger charge is -2.25. The van der Waals surface area contributed by atoms with Crippen molar-refractivity contribution in [1.29, 1.82) is 0 Å². The van der Waals surface area contributed by atoms with E-state index >= 15 is 0 Å². The van der Waals surface area contributed by atoms with Crippen molar-refractivity contribution in [2.45, 2.75) is 58.0 Å². The van der Waals surface area contributed by atoms with E-state index in [0.29, 0.717) is 17.9 Å². The van der Waals surface area contributed by atoms with E-state index in [9.17, 15) is 0 Å². The number of hydrogen-bond acceptors (Lipinski definition) is 2. The summed E-state index contributed by atoms with van der Waals surface area (Å²) in [4.78, 5) is 0. The van der Waals surface area contributed by atoms with E-state index in [1.807, 2.05) is 0 Å². The van der Waals surface area contributed by atoms with Crippen LogP contribution in [-0.2, 0) is 0 Å². The molecule has 2 rings (SSSR count). The summed E-state index contributed by atoms with van der Waals surface area (Å²) in [5, 5.41) is 0. The molecule has 0 heterocycles. The molecule has 1 aliphatic carbocycles. The fourth-order valence-electron chi connectivity index (χ4n) is 2.88. The number of rotatable bonds is 4. The lowest BCUT2D eigenvalue weighted by molar-refractivity contribution is 0.129. The smallest absolute Gasteiger partial charge is 0.119 e. The summed E-state index contributed by atoms with van der Waals surface area (Å²) in [5.74, 6) is 2.09. The Morgan fingerprint density at radius 2 is 1.79 bits per heavy atom. The van der Waals surface area contributed by atoms with Gasteiger partial charge in [-0.3, -0.25) is 0 Å². The molecule has 19 heavy (non-hydrogen) atoms. The molecule has 1 saturated carbocycles. The van der Waals surface area contributed by atoms with Crippen LogP contribution in [0.4, 0.5) is 0 Å². The molecule has 2 heteroatoms. The lowest BCUT2D eigenvalue weighted by atomic mass is 9.97. The van der Waals surface area contributed by atoms with Crippen molar-refractivity contribution in [3.8, 4) is 5.75 Å². The fraction of sp³-hybridized carbons (Fsp3) is 0.647. The molecule has 0 amide bonds. The zero-order valence-corrected chi connectivity index (χ0v) is 12.3. The van der Waals surface area contributed by atoms with Crippen LogP contribution in [0, 0.1) is 5.92 Å². The summed E-state index contributed by atoms with van der Waals surface area (Å²) in [5.41, 5.74) is 7.27. The van der Waals surface area contributed by atoms with Crippen LogP contribution in [0.15, 0.2) is 24.3 Å². The second-order valence-corrected chi connectivity index (χ2v) is 6.01. The van der Waals surface area contributed by atoms with Crippen molar-refractivity contribution in [2.75, 3.05) is 6.54 Å². The highest BCUT2D eigenvalue weighted by molar-refractivity contribution is 5.29. The lowest BCUT2D eigenvalue weighted by Crippen LogP contribution is -2.31. The van der Waals surface area contributed by atoms with Crippen LogP contribution in [0.3, 0.4) is 0 Å². The Balaban J connectivity index is 2.01. The summed E-state index contributed by atoms with van der Waals surface area (Å²) >= 11 is 0. The summed E-state index contributed by atoms with van der Waals surface area (Å²) in [6.07, 6.45) is 6.55. The second kappa shape index (κ2) is 6.95. The van der Waals surface area contributed by atoms with Gasteiger partial charge in [-0.05, 0) is 49.4 Å². The van der Waals surface area contributed by atoms with Gasteiger partial charge in [-0.25, -0.2) is 0 Å². The Morgan fingerprint density at radius 1 is 1.11 bits per heavy atom. The van der Waals surface area contributed by atoms with Crippen LogP contribution in [-0.4, -0.2) is 12.6 Å². The van der Waals surface area contributed by atoms with E-state index in [1.165, 1.54) is 31.2 Å². The van der Waals surface area contributed by atoms with Crippen molar-refractivity contribution in [3.63, 3.8) is 0 Å². The molecular formula is C17H27NO. The minimum atomic E-state index is 0.303. The van der Waals surface area contributed by atoms with Crippen molar-refractivity contribution < 1.29 is 4.74 Å². The highest BCUT2D eigenvalue weighted by Gasteiger charge is 2.24. The van der Waals surface area contributed by atoms with E-state index in [1.54, 1.807) is 0 Å². The zero-order valence-electron chi connectivity index (χ0n) is 12.3. The zero-order chi connectivity index (χ0) is 13.7. The molecule has 106 valence electrons. The van der Waals surface area contributed by atoms with Crippen LogP contribution in [0.1, 0.15) is 57.4 Å². The molecule has 0 spiro atoms. The highest BCUT2D eigenvalue weighted by Crippen LogP contribution is 2.27.